The Morgan fingerprint density at radius 3 is 1.62 bits per heavy atom. The molecule has 0 fully saturated rings. The van der Waals surface area contributed by atoms with Crippen molar-refractivity contribution >= 4 is 0 Å². The summed E-state index contributed by atoms with van der Waals surface area (Å²) in [6, 6.07) is 0. The van der Waals surface area contributed by atoms with Gasteiger partial charge in [0.2, 0.25) is 0 Å². The van der Waals surface area contributed by atoms with Gasteiger partial charge in [-0.25, -0.2) is 0 Å². The lowest BCUT2D eigenvalue weighted by atomic mass is 10.1. The normalized spacial score (nSPS) is 12.5. The van der Waals surface area contributed by atoms with E-state index in [9.17, 15) is 5.11 Å². The van der Waals surface area contributed by atoms with Crippen LogP contribution in [0.25, 0.3) is 0 Å². The van der Waals surface area contributed by atoms with Crippen molar-refractivity contribution in [1.29, 1.82) is 0 Å². The van der Waals surface area contributed by atoms with Gasteiger partial charge in [0.15, 0.2) is 0 Å². The Bertz CT molecular complexity index is 128. The van der Waals surface area contributed by atoms with Gasteiger partial charge in [-0.15, -0.1) is 0 Å². The molecule has 0 aliphatic heterocycles. The van der Waals surface area contributed by atoms with Crippen LogP contribution < -0.4 is 11.9 Å². The molecule has 13 heavy (non-hydrogen) atoms. The molecule has 0 rings (SSSR count). The van der Waals surface area contributed by atoms with E-state index in [1.807, 2.05) is 0 Å². The average Bonchev–Trinajstić information content (AvgIpc) is 1.86. The van der Waals surface area contributed by atoms with Gasteiger partial charge in [-0.2, -0.15) is 0 Å². The van der Waals surface area contributed by atoms with Crippen LogP contribution in [-0.2, 0) is 9.47 Å². The van der Waals surface area contributed by atoms with Crippen LogP contribution in [-0.4, -0.2) is 29.8 Å². The summed E-state index contributed by atoms with van der Waals surface area (Å²) >= 11 is 0. The number of nitrogens with two attached hydrogens (primary N) is 1. The van der Waals surface area contributed by atoms with Crippen LogP contribution in [0.5, 0.6) is 0 Å². The summed E-state index contributed by atoms with van der Waals surface area (Å²) in [7, 11) is 0. The molecule has 0 aromatic carbocycles. The fraction of sp³-hybridized carbons (Fsp3) is 1.00. The van der Waals surface area contributed by atoms with E-state index in [2.05, 4.69) is 0 Å². The SMILES string of the molecule is CCOC(N)(OCC)C(C)(C)O.N. The van der Waals surface area contributed by atoms with E-state index in [1.165, 1.54) is 0 Å². The largest absolute Gasteiger partial charge is 0.383 e. The smallest absolute Gasteiger partial charge is 0.254 e. The molecule has 0 unspecified atom stereocenters. The summed E-state index contributed by atoms with van der Waals surface area (Å²) in [6.07, 6.45) is 0. The van der Waals surface area contributed by atoms with E-state index in [0.717, 1.165) is 0 Å². The van der Waals surface area contributed by atoms with Crippen molar-refractivity contribution in [3.63, 3.8) is 0 Å². The monoisotopic (exact) mass is 194 g/mol. The van der Waals surface area contributed by atoms with Crippen molar-refractivity contribution in [3.8, 4) is 0 Å². The van der Waals surface area contributed by atoms with E-state index in [4.69, 9.17) is 15.2 Å². The molecule has 0 saturated carbocycles. The number of aliphatic hydroxyl groups is 1. The van der Waals surface area contributed by atoms with Crippen LogP contribution in [0.4, 0.5) is 0 Å². The molecule has 0 aliphatic rings. The fourth-order valence-electron chi connectivity index (χ4n) is 0.824. The zero-order valence-electron chi connectivity index (χ0n) is 8.96. The number of ether oxygens (including phenoxy) is 2. The molecule has 0 saturated heterocycles. The van der Waals surface area contributed by atoms with E-state index in [0.29, 0.717) is 13.2 Å². The van der Waals surface area contributed by atoms with E-state index >= 15 is 0 Å². The second-order valence-corrected chi connectivity index (χ2v) is 3.09. The lowest BCUT2D eigenvalue weighted by Crippen LogP contribution is -2.61. The highest BCUT2D eigenvalue weighted by Gasteiger charge is 2.42. The number of rotatable bonds is 5. The summed E-state index contributed by atoms with van der Waals surface area (Å²) in [5.41, 5.74) is 4.49. The zero-order chi connectivity index (χ0) is 9.83. The third kappa shape index (κ3) is 4.02. The first-order chi connectivity index (χ1) is 5.37. The first-order valence-corrected chi connectivity index (χ1v) is 4.16. The lowest BCUT2D eigenvalue weighted by Gasteiger charge is -2.38. The minimum atomic E-state index is -1.41. The zero-order valence-corrected chi connectivity index (χ0v) is 8.96. The third-order valence-electron chi connectivity index (χ3n) is 1.57. The highest BCUT2D eigenvalue weighted by molar-refractivity contribution is 4.81. The lowest BCUT2D eigenvalue weighted by molar-refractivity contribution is -0.306. The topological polar surface area (TPSA) is 99.7 Å². The Balaban J connectivity index is 0. The van der Waals surface area contributed by atoms with E-state index in [-0.39, 0.29) is 6.15 Å². The minimum absolute atomic E-state index is 0. The van der Waals surface area contributed by atoms with Crippen molar-refractivity contribution in [2.24, 2.45) is 5.73 Å². The fourth-order valence-corrected chi connectivity index (χ4v) is 0.824. The van der Waals surface area contributed by atoms with Crippen molar-refractivity contribution in [3.05, 3.63) is 0 Å². The van der Waals surface area contributed by atoms with Gasteiger partial charge in [0, 0.05) is 13.2 Å². The maximum atomic E-state index is 9.62. The second-order valence-electron chi connectivity index (χ2n) is 3.09. The van der Waals surface area contributed by atoms with Crippen LogP contribution in [0.2, 0.25) is 0 Å². The Kier molecular flexibility index (Phi) is 6.48. The highest BCUT2D eigenvalue weighted by atomic mass is 16.7. The predicted octanol–water partition coefficient (Wildman–Crippen LogP) is 0.605. The molecule has 0 atom stereocenters. The van der Waals surface area contributed by atoms with Gasteiger partial charge in [0.1, 0.15) is 5.60 Å². The molecule has 0 radical (unpaired) electrons. The third-order valence-corrected chi connectivity index (χ3v) is 1.57. The van der Waals surface area contributed by atoms with Gasteiger partial charge in [-0.3, -0.25) is 5.73 Å². The molecule has 0 heterocycles. The van der Waals surface area contributed by atoms with Crippen LogP contribution in [0.1, 0.15) is 27.7 Å². The van der Waals surface area contributed by atoms with E-state index in [1.54, 1.807) is 27.7 Å². The number of hydrogen-bond acceptors (Lipinski definition) is 5. The van der Waals surface area contributed by atoms with Gasteiger partial charge in [-0.1, -0.05) is 0 Å². The quantitative estimate of drug-likeness (QED) is 0.557. The highest BCUT2D eigenvalue weighted by Crippen LogP contribution is 2.21. The Hall–Kier alpha value is -0.200. The van der Waals surface area contributed by atoms with E-state index < -0.39 is 11.5 Å². The molecule has 82 valence electrons. The molecule has 0 bridgehead atoms. The average molecular weight is 194 g/mol. The van der Waals surface area contributed by atoms with Crippen LogP contribution in [0.15, 0.2) is 0 Å². The Morgan fingerprint density at radius 2 is 1.46 bits per heavy atom. The maximum absolute atomic E-state index is 9.62. The van der Waals surface area contributed by atoms with Gasteiger partial charge < -0.3 is 20.7 Å². The van der Waals surface area contributed by atoms with Crippen molar-refractivity contribution < 1.29 is 14.6 Å². The molecule has 0 aliphatic carbocycles. The summed E-state index contributed by atoms with van der Waals surface area (Å²) in [6.45, 7) is 7.51. The van der Waals surface area contributed by atoms with Crippen LogP contribution in [0, 0.1) is 0 Å². The molecular weight excluding hydrogens is 172 g/mol. The summed E-state index contributed by atoms with van der Waals surface area (Å²) in [5, 5.41) is 9.62. The first-order valence-electron chi connectivity index (χ1n) is 4.16. The Morgan fingerprint density at radius 1 is 1.15 bits per heavy atom. The standard InChI is InChI=1S/C8H19NO3.H3N/c1-5-11-8(9,12-6-2)7(3,4)10;/h10H,5-6,9H2,1-4H3;1H3. The molecule has 0 amide bonds. The predicted molar refractivity (Wildman–Crippen MR) is 51.5 cm³/mol. The number of hydrogen-bond donors (Lipinski definition) is 3. The summed E-state index contributed by atoms with van der Waals surface area (Å²) < 4.78 is 10.3. The molecule has 0 aromatic heterocycles. The van der Waals surface area contributed by atoms with Crippen LogP contribution >= 0.6 is 0 Å². The molecular formula is C8H22N2O3. The van der Waals surface area contributed by atoms with Crippen molar-refractivity contribution in [2.45, 2.75) is 39.2 Å². The first kappa shape index (κ1) is 15.3. The molecule has 5 nitrogen and oxygen atoms in total. The Labute approximate surface area is 79.8 Å². The van der Waals surface area contributed by atoms with Gasteiger partial charge >= 0.3 is 0 Å². The van der Waals surface area contributed by atoms with Gasteiger partial charge in [0.05, 0.1) is 0 Å². The van der Waals surface area contributed by atoms with Crippen LogP contribution in [0.3, 0.4) is 0 Å². The second kappa shape index (κ2) is 5.51. The van der Waals surface area contributed by atoms with Gasteiger partial charge in [-0.05, 0) is 27.7 Å². The molecule has 0 aromatic rings. The minimum Gasteiger partial charge on any atom is -0.383 e. The molecule has 0 spiro atoms. The summed E-state index contributed by atoms with van der Waals surface area (Å²) in [5.74, 6) is -1.41. The molecule has 6 N–H and O–H groups in total. The van der Waals surface area contributed by atoms with Crippen molar-refractivity contribution in [1.82, 2.24) is 6.15 Å². The van der Waals surface area contributed by atoms with Crippen molar-refractivity contribution in [2.75, 3.05) is 13.2 Å². The summed E-state index contributed by atoms with van der Waals surface area (Å²) in [4.78, 5) is 0. The van der Waals surface area contributed by atoms with Gasteiger partial charge in [0.25, 0.3) is 5.91 Å². The maximum Gasteiger partial charge on any atom is 0.254 e. The molecule has 5 heteroatoms.